The van der Waals surface area contributed by atoms with Crippen molar-refractivity contribution in [2.24, 2.45) is 0 Å². The third-order valence-corrected chi connectivity index (χ3v) is 7.13. The van der Waals surface area contributed by atoms with Gasteiger partial charge in [0.1, 0.15) is 0 Å². The number of amides is 1. The molecule has 3 heterocycles. The normalized spacial score (nSPS) is 11.2. The second-order valence-electron chi connectivity index (χ2n) is 9.40. The molecule has 3 aromatic heterocycles. The summed E-state index contributed by atoms with van der Waals surface area (Å²) in [4.78, 5) is 20.1. The van der Waals surface area contributed by atoms with Crippen LogP contribution in [0.15, 0.2) is 47.3 Å². The maximum atomic E-state index is 12.4. The number of anilines is 1. The minimum absolute atomic E-state index is 0.0540. The molecule has 8 nitrogen and oxygen atoms in total. The number of aromatic amines is 1. The summed E-state index contributed by atoms with van der Waals surface area (Å²) in [6.45, 7) is 3.32. The van der Waals surface area contributed by atoms with Gasteiger partial charge in [0.25, 0.3) is 5.91 Å². The highest BCUT2D eigenvalue weighted by Gasteiger charge is 2.11. The van der Waals surface area contributed by atoms with Crippen LogP contribution in [0.1, 0.15) is 72.8 Å². The van der Waals surface area contributed by atoms with Crippen molar-refractivity contribution in [1.82, 2.24) is 30.3 Å². The molecule has 1 aromatic carbocycles. The van der Waals surface area contributed by atoms with Crippen molar-refractivity contribution in [1.29, 1.82) is 0 Å². The van der Waals surface area contributed by atoms with Crippen LogP contribution in [0, 0.1) is 0 Å². The molecule has 0 bridgehead atoms. The summed E-state index contributed by atoms with van der Waals surface area (Å²) < 4.78 is 1.80. The maximum absolute atomic E-state index is 12.4. The molecule has 4 N–H and O–H groups in total. The van der Waals surface area contributed by atoms with Crippen molar-refractivity contribution in [3.63, 3.8) is 0 Å². The van der Waals surface area contributed by atoms with Crippen LogP contribution in [0.5, 0.6) is 0 Å². The van der Waals surface area contributed by atoms with Gasteiger partial charge in [-0.2, -0.15) is 11.3 Å². The maximum Gasteiger partial charge on any atom is 0.251 e. The molecule has 37 heavy (non-hydrogen) atoms. The number of nitrogens with two attached hydrogens (primary N) is 1. The van der Waals surface area contributed by atoms with Crippen molar-refractivity contribution in [3.05, 3.63) is 69.8 Å². The van der Waals surface area contributed by atoms with Crippen LogP contribution >= 0.6 is 11.3 Å². The van der Waals surface area contributed by atoms with Crippen molar-refractivity contribution < 1.29 is 4.79 Å². The second kappa shape index (κ2) is 13.7. The number of carbonyl (C=O) groups excluding carboxylic acids is 1. The van der Waals surface area contributed by atoms with Crippen LogP contribution in [-0.4, -0.2) is 37.4 Å². The quantitative estimate of drug-likeness (QED) is 0.181. The van der Waals surface area contributed by atoms with Gasteiger partial charge in [-0.1, -0.05) is 43.5 Å². The number of aromatic nitrogens is 5. The molecule has 0 saturated carbocycles. The van der Waals surface area contributed by atoms with E-state index in [4.69, 9.17) is 5.73 Å². The highest BCUT2D eigenvalue weighted by atomic mass is 32.1. The lowest BCUT2D eigenvalue weighted by Crippen LogP contribution is -2.27. The zero-order chi connectivity index (χ0) is 25.9. The van der Waals surface area contributed by atoms with Gasteiger partial charge in [0.15, 0.2) is 5.95 Å². The van der Waals surface area contributed by atoms with Crippen LogP contribution in [-0.2, 0) is 25.8 Å². The van der Waals surface area contributed by atoms with E-state index in [0.29, 0.717) is 24.6 Å². The van der Waals surface area contributed by atoms with Crippen molar-refractivity contribution >= 4 is 23.2 Å². The van der Waals surface area contributed by atoms with Crippen molar-refractivity contribution in [2.45, 2.75) is 71.3 Å². The molecule has 1 amide bonds. The molecule has 0 aliphatic carbocycles. The van der Waals surface area contributed by atoms with Gasteiger partial charge in [0, 0.05) is 34.9 Å². The lowest BCUT2D eigenvalue weighted by molar-refractivity contribution is 0.0952. The average Bonchev–Trinajstić information content (AvgIpc) is 3.66. The van der Waals surface area contributed by atoms with Crippen LogP contribution in [0.3, 0.4) is 0 Å². The zero-order valence-electron chi connectivity index (χ0n) is 21.6. The monoisotopic (exact) mass is 519 g/mol. The molecule has 4 aromatic rings. The Labute approximate surface area is 222 Å². The van der Waals surface area contributed by atoms with Gasteiger partial charge in [-0.25, -0.2) is 4.98 Å². The SMILES string of the molecule is CCCCCc1ccc(C(=O)NCCn2cc(CCCCCc3[nH]c(N)nc3-c3ccsc3)nn2)cc1. The van der Waals surface area contributed by atoms with E-state index in [-0.39, 0.29) is 5.91 Å². The minimum Gasteiger partial charge on any atom is -0.369 e. The van der Waals surface area contributed by atoms with Crippen LogP contribution in [0.25, 0.3) is 11.3 Å². The Kier molecular flexibility index (Phi) is 9.88. The lowest BCUT2D eigenvalue weighted by Gasteiger charge is -2.06. The van der Waals surface area contributed by atoms with Gasteiger partial charge < -0.3 is 16.0 Å². The van der Waals surface area contributed by atoms with Gasteiger partial charge in [0.05, 0.1) is 17.9 Å². The Morgan fingerprint density at radius 3 is 2.65 bits per heavy atom. The summed E-state index contributed by atoms with van der Waals surface area (Å²) in [5, 5.41) is 15.6. The third-order valence-electron chi connectivity index (χ3n) is 6.45. The smallest absolute Gasteiger partial charge is 0.251 e. The summed E-state index contributed by atoms with van der Waals surface area (Å²) in [6.07, 6.45) is 11.7. The highest BCUT2D eigenvalue weighted by molar-refractivity contribution is 7.08. The average molecular weight is 520 g/mol. The molecular weight excluding hydrogens is 482 g/mol. The molecule has 4 rings (SSSR count). The van der Waals surface area contributed by atoms with Crippen LogP contribution < -0.4 is 11.1 Å². The van der Waals surface area contributed by atoms with E-state index in [1.165, 1.54) is 24.8 Å². The van der Waals surface area contributed by atoms with E-state index >= 15 is 0 Å². The van der Waals surface area contributed by atoms with E-state index in [2.05, 4.69) is 61.5 Å². The molecule has 0 saturated heterocycles. The number of thiophene rings is 1. The van der Waals surface area contributed by atoms with E-state index in [1.807, 2.05) is 18.3 Å². The molecule has 0 radical (unpaired) electrons. The molecular formula is C28H37N7OS. The number of hydrogen-bond acceptors (Lipinski definition) is 6. The number of H-pyrrole nitrogens is 1. The molecule has 0 fully saturated rings. The predicted octanol–water partition coefficient (Wildman–Crippen LogP) is 5.43. The fourth-order valence-electron chi connectivity index (χ4n) is 4.38. The molecule has 9 heteroatoms. The first kappa shape index (κ1) is 26.6. The number of aryl methyl sites for hydroxylation is 3. The number of imidazole rings is 1. The summed E-state index contributed by atoms with van der Waals surface area (Å²) in [5.41, 5.74) is 12.0. The van der Waals surface area contributed by atoms with Gasteiger partial charge in [-0.15, -0.1) is 5.10 Å². The van der Waals surface area contributed by atoms with Gasteiger partial charge in [0.2, 0.25) is 0 Å². The number of nitrogens with one attached hydrogen (secondary N) is 2. The molecule has 0 aliphatic heterocycles. The molecule has 0 aliphatic rings. The number of hydrogen-bond donors (Lipinski definition) is 3. The number of nitrogens with zero attached hydrogens (tertiary/aromatic N) is 4. The van der Waals surface area contributed by atoms with Gasteiger partial charge in [-0.3, -0.25) is 9.48 Å². The highest BCUT2D eigenvalue weighted by Crippen LogP contribution is 2.26. The first-order chi connectivity index (χ1) is 18.1. The summed E-state index contributed by atoms with van der Waals surface area (Å²) in [6, 6.07) is 10.0. The molecule has 0 spiro atoms. The third kappa shape index (κ3) is 8.01. The Bertz CT molecular complexity index is 1230. The summed E-state index contributed by atoms with van der Waals surface area (Å²) >= 11 is 1.66. The van der Waals surface area contributed by atoms with Crippen LogP contribution in [0.4, 0.5) is 5.95 Å². The molecule has 0 atom stereocenters. The first-order valence-corrected chi connectivity index (χ1v) is 14.2. The number of carbonyl (C=O) groups is 1. The number of benzene rings is 1. The lowest BCUT2D eigenvalue weighted by atomic mass is 10.1. The van der Waals surface area contributed by atoms with E-state index in [9.17, 15) is 4.79 Å². The van der Waals surface area contributed by atoms with E-state index in [1.54, 1.807) is 16.0 Å². The second-order valence-corrected chi connectivity index (χ2v) is 10.2. The van der Waals surface area contributed by atoms with Crippen molar-refractivity contribution in [2.75, 3.05) is 12.3 Å². The summed E-state index contributed by atoms with van der Waals surface area (Å²) in [7, 11) is 0. The predicted molar refractivity (Wildman–Crippen MR) is 150 cm³/mol. The van der Waals surface area contributed by atoms with Gasteiger partial charge in [-0.05, 0) is 67.7 Å². The first-order valence-electron chi connectivity index (χ1n) is 13.3. The topological polar surface area (TPSA) is 115 Å². The fourth-order valence-corrected chi connectivity index (χ4v) is 5.02. The number of rotatable bonds is 15. The Morgan fingerprint density at radius 1 is 1.05 bits per heavy atom. The minimum atomic E-state index is -0.0540. The molecule has 0 unspecified atom stereocenters. The van der Waals surface area contributed by atoms with Crippen molar-refractivity contribution in [3.8, 4) is 11.3 Å². The summed E-state index contributed by atoms with van der Waals surface area (Å²) in [5.74, 6) is 0.418. The van der Waals surface area contributed by atoms with E-state index < -0.39 is 0 Å². The number of unbranched alkanes of at least 4 members (excludes halogenated alkanes) is 4. The Hall–Kier alpha value is -3.46. The van der Waals surface area contributed by atoms with E-state index in [0.717, 1.165) is 61.2 Å². The molecule has 196 valence electrons. The fraction of sp³-hybridized carbons (Fsp3) is 0.429. The standard InChI is InChI=1S/C28H37N7OS/c1-2-3-5-8-21-11-13-22(14-12-21)27(36)30-16-17-35-19-24(33-34-35)9-6-4-7-10-25-26(32-28(29)31-25)23-15-18-37-20-23/h11-15,18-20H,2-10,16-17H2,1H3,(H,30,36)(H3,29,31,32). The number of nitrogen functional groups attached to an aromatic ring is 1. The zero-order valence-corrected chi connectivity index (χ0v) is 22.4. The Balaban J connectivity index is 1.12. The largest absolute Gasteiger partial charge is 0.369 e. The van der Waals surface area contributed by atoms with Gasteiger partial charge >= 0.3 is 0 Å². The van der Waals surface area contributed by atoms with Crippen LogP contribution in [0.2, 0.25) is 0 Å². The Morgan fingerprint density at radius 2 is 1.86 bits per heavy atom.